The van der Waals surface area contributed by atoms with Gasteiger partial charge in [0.25, 0.3) is 15.9 Å². The number of rotatable bonds is 11. The van der Waals surface area contributed by atoms with Crippen molar-refractivity contribution in [3.63, 3.8) is 0 Å². The minimum atomic E-state index is -3.83. The summed E-state index contributed by atoms with van der Waals surface area (Å²) in [6.45, 7) is 2.05. The number of nitrogens with zero attached hydrogens (tertiary/aromatic N) is 1. The molecule has 3 aromatic rings. The van der Waals surface area contributed by atoms with Crippen molar-refractivity contribution in [3.05, 3.63) is 77.2 Å². The summed E-state index contributed by atoms with van der Waals surface area (Å²) in [6, 6.07) is 15.3. The molecular weight excluding hydrogens is 512 g/mol. The Kier molecular flexibility index (Phi) is 8.75. The highest BCUT2D eigenvalue weighted by molar-refractivity contribution is 7.94. The second kappa shape index (κ2) is 11.6. The first-order valence-corrected chi connectivity index (χ1v) is 14.1. The molecule has 35 heavy (non-hydrogen) atoms. The molecule has 186 valence electrons. The Labute approximate surface area is 208 Å². The smallest absolute Gasteiger partial charge is 0.273 e. The molecule has 0 aliphatic heterocycles. The number of para-hydroxylation sites is 1. The van der Waals surface area contributed by atoms with Crippen LogP contribution in [0.25, 0.3) is 0 Å². The summed E-state index contributed by atoms with van der Waals surface area (Å²) in [5.41, 5.74) is 3.63. The maximum Gasteiger partial charge on any atom is 0.273 e. The number of benzene rings is 2. The molecular formula is C22H24N4O6S3. The van der Waals surface area contributed by atoms with Gasteiger partial charge in [0.15, 0.2) is 0 Å². The second-order valence-corrected chi connectivity index (χ2v) is 11.8. The quantitative estimate of drug-likeness (QED) is 0.195. The molecule has 0 unspecified atom stereocenters. The minimum Gasteiger partial charge on any atom is -0.383 e. The fraction of sp³-hybridized carbons (Fsp3) is 0.182. The van der Waals surface area contributed by atoms with E-state index in [-0.39, 0.29) is 33.5 Å². The van der Waals surface area contributed by atoms with Gasteiger partial charge in [0.2, 0.25) is 10.0 Å². The largest absolute Gasteiger partial charge is 0.383 e. The third-order valence-electron chi connectivity index (χ3n) is 4.68. The van der Waals surface area contributed by atoms with E-state index in [0.717, 1.165) is 11.3 Å². The van der Waals surface area contributed by atoms with Crippen molar-refractivity contribution in [1.82, 2.24) is 10.1 Å². The van der Waals surface area contributed by atoms with E-state index in [2.05, 4.69) is 20.0 Å². The SMILES string of the molecule is COCCNS(=O)(=O)c1ccc(C(C)=NNC(=O)c2ccccc2NS(=O)(=O)c2cccs2)cc1. The zero-order valence-electron chi connectivity index (χ0n) is 18.9. The van der Waals surface area contributed by atoms with Crippen LogP contribution in [0.5, 0.6) is 0 Å². The molecule has 13 heteroatoms. The van der Waals surface area contributed by atoms with Crippen molar-refractivity contribution < 1.29 is 26.4 Å². The summed E-state index contributed by atoms with van der Waals surface area (Å²) in [5.74, 6) is -0.615. The molecule has 0 aliphatic rings. The highest BCUT2D eigenvalue weighted by Crippen LogP contribution is 2.23. The van der Waals surface area contributed by atoms with Gasteiger partial charge in [-0.3, -0.25) is 9.52 Å². The average molecular weight is 537 g/mol. The number of ether oxygens (including phenoxy) is 1. The summed E-state index contributed by atoms with van der Waals surface area (Å²) >= 11 is 1.06. The molecule has 10 nitrogen and oxygen atoms in total. The summed E-state index contributed by atoms with van der Waals surface area (Å²) < 4.78 is 59.4. The van der Waals surface area contributed by atoms with Crippen LogP contribution in [-0.4, -0.2) is 48.7 Å². The van der Waals surface area contributed by atoms with Gasteiger partial charge in [-0.25, -0.2) is 27.0 Å². The number of hydrogen-bond donors (Lipinski definition) is 3. The Balaban J connectivity index is 1.71. The number of nitrogens with one attached hydrogen (secondary N) is 3. The van der Waals surface area contributed by atoms with Gasteiger partial charge in [-0.05, 0) is 48.2 Å². The number of thiophene rings is 1. The minimum absolute atomic E-state index is 0.0844. The summed E-state index contributed by atoms with van der Waals surface area (Å²) in [4.78, 5) is 12.8. The fourth-order valence-electron chi connectivity index (χ4n) is 2.88. The van der Waals surface area contributed by atoms with Gasteiger partial charge in [-0.15, -0.1) is 11.3 Å². The first-order valence-electron chi connectivity index (χ1n) is 10.2. The molecule has 0 saturated heterocycles. The van der Waals surface area contributed by atoms with Gasteiger partial charge in [0.05, 0.1) is 28.5 Å². The lowest BCUT2D eigenvalue weighted by molar-refractivity contribution is 0.0955. The molecule has 0 saturated carbocycles. The fourth-order valence-corrected chi connectivity index (χ4v) is 5.96. The van der Waals surface area contributed by atoms with Crippen LogP contribution >= 0.6 is 11.3 Å². The number of amides is 1. The van der Waals surface area contributed by atoms with Crippen molar-refractivity contribution in [3.8, 4) is 0 Å². The number of carbonyl (C=O) groups is 1. The van der Waals surface area contributed by atoms with E-state index in [1.807, 2.05) is 0 Å². The predicted octanol–water partition coefficient (Wildman–Crippen LogP) is 2.63. The molecule has 1 amide bonds. The standard InChI is InChI=1S/C22H24N4O6S3/c1-16(17-9-11-18(12-10-17)34(28,29)23-13-14-32-2)24-25-22(27)19-6-3-4-7-20(19)26-35(30,31)21-8-5-15-33-21/h3-12,15,23,26H,13-14H2,1-2H3,(H,25,27). The first kappa shape index (κ1) is 26.5. The number of hydrogen-bond acceptors (Lipinski definition) is 8. The van der Waals surface area contributed by atoms with Crippen molar-refractivity contribution >= 4 is 48.7 Å². The van der Waals surface area contributed by atoms with Gasteiger partial charge in [0.1, 0.15) is 4.21 Å². The molecule has 0 fully saturated rings. The predicted molar refractivity (Wildman–Crippen MR) is 135 cm³/mol. The van der Waals surface area contributed by atoms with Gasteiger partial charge in [-0.2, -0.15) is 5.10 Å². The number of anilines is 1. The van der Waals surface area contributed by atoms with Crippen LogP contribution in [0.3, 0.4) is 0 Å². The maximum absolute atomic E-state index is 12.7. The van der Waals surface area contributed by atoms with Crippen LogP contribution in [0, 0.1) is 0 Å². The number of sulfonamides is 2. The van der Waals surface area contributed by atoms with E-state index in [4.69, 9.17) is 4.74 Å². The molecule has 0 aliphatic carbocycles. The van der Waals surface area contributed by atoms with E-state index in [9.17, 15) is 21.6 Å². The third-order valence-corrected chi connectivity index (χ3v) is 8.92. The van der Waals surface area contributed by atoms with E-state index in [0.29, 0.717) is 11.3 Å². The molecule has 1 aromatic heterocycles. The molecule has 0 spiro atoms. The Hall–Kier alpha value is -3.10. The summed E-state index contributed by atoms with van der Waals surface area (Å²) in [5, 5.41) is 5.71. The average Bonchev–Trinajstić information content (AvgIpc) is 3.39. The van der Waals surface area contributed by atoms with E-state index in [1.165, 1.54) is 37.4 Å². The first-order chi connectivity index (χ1) is 16.6. The molecule has 3 N–H and O–H groups in total. The number of methoxy groups -OCH3 is 1. The third kappa shape index (κ3) is 6.96. The monoisotopic (exact) mass is 536 g/mol. The number of hydrazone groups is 1. The summed E-state index contributed by atoms with van der Waals surface area (Å²) in [6.07, 6.45) is 0. The van der Waals surface area contributed by atoms with Crippen molar-refractivity contribution in [2.24, 2.45) is 5.10 Å². The van der Waals surface area contributed by atoms with Crippen LogP contribution in [-0.2, 0) is 24.8 Å². The molecule has 0 radical (unpaired) electrons. The Bertz CT molecular complexity index is 1400. The van der Waals surface area contributed by atoms with E-state index < -0.39 is 26.0 Å². The van der Waals surface area contributed by atoms with Gasteiger partial charge >= 0.3 is 0 Å². The van der Waals surface area contributed by atoms with Crippen LogP contribution in [0.4, 0.5) is 5.69 Å². The molecule has 0 atom stereocenters. The number of carbonyl (C=O) groups excluding carboxylic acids is 1. The van der Waals surface area contributed by atoms with Crippen molar-refractivity contribution in [2.75, 3.05) is 25.0 Å². The van der Waals surface area contributed by atoms with Crippen LogP contribution in [0.1, 0.15) is 22.8 Å². The Morgan fingerprint density at radius 2 is 1.69 bits per heavy atom. The van der Waals surface area contributed by atoms with Crippen LogP contribution in [0.15, 0.2) is 80.2 Å². The molecule has 2 aromatic carbocycles. The van der Waals surface area contributed by atoms with Crippen LogP contribution < -0.4 is 14.9 Å². The zero-order valence-corrected chi connectivity index (χ0v) is 21.3. The normalized spacial score (nSPS) is 12.3. The van der Waals surface area contributed by atoms with Gasteiger partial charge < -0.3 is 4.74 Å². The zero-order chi connectivity index (χ0) is 25.5. The lowest BCUT2D eigenvalue weighted by atomic mass is 10.1. The highest BCUT2D eigenvalue weighted by Gasteiger charge is 2.19. The van der Waals surface area contributed by atoms with Crippen molar-refractivity contribution in [2.45, 2.75) is 16.0 Å². The van der Waals surface area contributed by atoms with Crippen molar-refractivity contribution in [1.29, 1.82) is 0 Å². The van der Waals surface area contributed by atoms with Crippen LogP contribution in [0.2, 0.25) is 0 Å². The lowest BCUT2D eigenvalue weighted by Gasteiger charge is -2.11. The lowest BCUT2D eigenvalue weighted by Crippen LogP contribution is -2.27. The molecule has 0 bridgehead atoms. The second-order valence-electron chi connectivity index (χ2n) is 7.14. The van der Waals surface area contributed by atoms with Gasteiger partial charge in [-0.1, -0.05) is 30.3 Å². The highest BCUT2D eigenvalue weighted by atomic mass is 32.2. The Morgan fingerprint density at radius 1 is 0.971 bits per heavy atom. The maximum atomic E-state index is 12.7. The van der Waals surface area contributed by atoms with E-state index in [1.54, 1.807) is 42.6 Å². The topological polar surface area (TPSA) is 143 Å². The van der Waals surface area contributed by atoms with E-state index >= 15 is 0 Å². The Morgan fingerprint density at radius 3 is 2.34 bits per heavy atom. The summed E-state index contributed by atoms with van der Waals surface area (Å²) in [7, 11) is -6.02. The van der Waals surface area contributed by atoms with Gasteiger partial charge in [0, 0.05) is 13.7 Å². The molecule has 1 heterocycles. The molecule has 3 rings (SSSR count).